The van der Waals surface area contributed by atoms with Gasteiger partial charge >= 0.3 is 0 Å². The van der Waals surface area contributed by atoms with Crippen molar-refractivity contribution in [2.45, 2.75) is 19.0 Å². The fourth-order valence-electron chi connectivity index (χ4n) is 4.18. The van der Waals surface area contributed by atoms with Crippen molar-refractivity contribution in [3.05, 3.63) is 138 Å². The monoisotopic (exact) mass is 431 g/mol. The fraction of sp³-hybridized carbons (Fsp3) is 0.103. The third-order valence-corrected chi connectivity index (χ3v) is 5.80. The van der Waals surface area contributed by atoms with Crippen LogP contribution in [0, 0.1) is 0 Å². The average molecular weight is 432 g/mol. The van der Waals surface area contributed by atoms with Crippen LogP contribution < -0.4 is 5.32 Å². The first-order chi connectivity index (χ1) is 16.3. The molecular weight excluding hydrogens is 406 g/mol. The number of carbonyl (C=O) groups excluding carboxylic acids is 1. The van der Waals surface area contributed by atoms with Gasteiger partial charge in [-0.05, 0) is 41.8 Å². The van der Waals surface area contributed by atoms with Gasteiger partial charge < -0.3 is 9.88 Å². The molecule has 0 aliphatic carbocycles. The Labute approximate surface area is 193 Å². The SMILES string of the molecule is O=C(NC(Cc1ccccc1)c1nc2ccccc2n1Cc1ccccc1)c1ccccc1. The molecule has 0 fully saturated rings. The number of rotatable bonds is 7. The Bertz CT molecular complexity index is 1350. The molecular formula is C29H25N3O. The minimum absolute atomic E-state index is 0.102. The Morgan fingerprint density at radius 2 is 1.30 bits per heavy atom. The lowest BCUT2D eigenvalue weighted by Crippen LogP contribution is -2.32. The third kappa shape index (κ3) is 4.70. The Kier molecular flexibility index (Phi) is 5.98. The van der Waals surface area contributed by atoms with Crippen LogP contribution in [-0.2, 0) is 13.0 Å². The van der Waals surface area contributed by atoms with E-state index in [4.69, 9.17) is 4.98 Å². The standard InChI is InChI=1S/C29H25N3O/c33-29(24-16-8-3-9-17-24)31-26(20-22-12-4-1-5-13-22)28-30-25-18-10-11-19-27(25)32(28)21-23-14-6-2-7-15-23/h1-19,26H,20-21H2,(H,31,33). The Hall–Kier alpha value is -4.18. The van der Waals surface area contributed by atoms with Crippen molar-refractivity contribution in [2.75, 3.05) is 0 Å². The molecule has 0 spiro atoms. The van der Waals surface area contributed by atoms with Gasteiger partial charge in [0.15, 0.2) is 0 Å². The van der Waals surface area contributed by atoms with Gasteiger partial charge in [0.05, 0.1) is 17.1 Å². The summed E-state index contributed by atoms with van der Waals surface area (Å²) in [6.45, 7) is 0.684. The highest BCUT2D eigenvalue weighted by Gasteiger charge is 2.23. The van der Waals surface area contributed by atoms with Crippen LogP contribution in [-0.4, -0.2) is 15.5 Å². The first-order valence-corrected chi connectivity index (χ1v) is 11.2. The summed E-state index contributed by atoms with van der Waals surface area (Å²) in [6, 6.07) is 37.8. The molecule has 5 aromatic rings. The quantitative estimate of drug-likeness (QED) is 0.354. The van der Waals surface area contributed by atoms with E-state index < -0.39 is 0 Å². The van der Waals surface area contributed by atoms with Gasteiger partial charge in [-0.2, -0.15) is 0 Å². The van der Waals surface area contributed by atoms with E-state index in [1.807, 2.05) is 84.9 Å². The molecule has 1 aromatic heterocycles. The van der Waals surface area contributed by atoms with Crippen LogP contribution in [0.5, 0.6) is 0 Å². The first-order valence-electron chi connectivity index (χ1n) is 11.2. The molecule has 4 nitrogen and oxygen atoms in total. The summed E-state index contributed by atoms with van der Waals surface area (Å²) in [7, 11) is 0. The highest BCUT2D eigenvalue weighted by atomic mass is 16.1. The number of para-hydroxylation sites is 2. The van der Waals surface area contributed by atoms with Gasteiger partial charge in [0.1, 0.15) is 5.82 Å². The minimum Gasteiger partial charge on any atom is -0.342 e. The van der Waals surface area contributed by atoms with Crippen LogP contribution in [0.2, 0.25) is 0 Å². The molecule has 4 aromatic carbocycles. The molecule has 0 saturated heterocycles. The van der Waals surface area contributed by atoms with Crippen LogP contribution in [0.25, 0.3) is 11.0 Å². The van der Waals surface area contributed by atoms with Crippen molar-refractivity contribution in [3.8, 4) is 0 Å². The summed E-state index contributed by atoms with van der Waals surface area (Å²) in [5.74, 6) is 0.753. The Morgan fingerprint density at radius 3 is 2.00 bits per heavy atom. The van der Waals surface area contributed by atoms with Crippen LogP contribution in [0.15, 0.2) is 115 Å². The van der Waals surface area contributed by atoms with Crippen LogP contribution in [0.4, 0.5) is 0 Å². The number of hydrogen-bond acceptors (Lipinski definition) is 2. The number of hydrogen-bond donors (Lipinski definition) is 1. The third-order valence-electron chi connectivity index (χ3n) is 5.80. The van der Waals surface area contributed by atoms with Crippen LogP contribution in [0.3, 0.4) is 0 Å². The predicted molar refractivity (Wildman–Crippen MR) is 132 cm³/mol. The maximum Gasteiger partial charge on any atom is 0.251 e. The zero-order valence-electron chi connectivity index (χ0n) is 18.3. The van der Waals surface area contributed by atoms with Crippen molar-refractivity contribution in [3.63, 3.8) is 0 Å². The van der Waals surface area contributed by atoms with E-state index in [-0.39, 0.29) is 11.9 Å². The highest BCUT2D eigenvalue weighted by Crippen LogP contribution is 2.25. The molecule has 5 rings (SSSR count). The van der Waals surface area contributed by atoms with E-state index in [1.165, 1.54) is 5.56 Å². The van der Waals surface area contributed by atoms with Gasteiger partial charge in [0, 0.05) is 12.1 Å². The topological polar surface area (TPSA) is 46.9 Å². The molecule has 0 aliphatic heterocycles. The van der Waals surface area contributed by atoms with Gasteiger partial charge in [-0.3, -0.25) is 4.79 Å². The normalized spacial score (nSPS) is 11.9. The summed E-state index contributed by atoms with van der Waals surface area (Å²) in [4.78, 5) is 18.2. The largest absolute Gasteiger partial charge is 0.342 e. The molecule has 0 aliphatic rings. The van der Waals surface area contributed by atoms with Gasteiger partial charge in [-0.15, -0.1) is 0 Å². The predicted octanol–water partition coefficient (Wildman–Crippen LogP) is 5.80. The molecule has 4 heteroatoms. The van der Waals surface area contributed by atoms with Crippen LogP contribution >= 0.6 is 0 Å². The number of carbonyl (C=O) groups is 1. The lowest BCUT2D eigenvalue weighted by molar-refractivity contribution is 0.0934. The molecule has 1 atom stereocenters. The fourth-order valence-corrected chi connectivity index (χ4v) is 4.18. The molecule has 1 heterocycles. The maximum absolute atomic E-state index is 13.2. The number of imidazole rings is 1. The number of aromatic nitrogens is 2. The molecule has 1 unspecified atom stereocenters. The summed E-state index contributed by atoms with van der Waals surface area (Å²) >= 11 is 0. The number of amides is 1. The summed E-state index contributed by atoms with van der Waals surface area (Å²) < 4.78 is 2.23. The lowest BCUT2D eigenvalue weighted by Gasteiger charge is -2.21. The van der Waals surface area contributed by atoms with E-state index in [2.05, 4.69) is 40.2 Å². The molecule has 33 heavy (non-hydrogen) atoms. The number of fused-ring (bicyclic) bond motifs is 1. The first kappa shape index (κ1) is 20.7. The molecule has 0 bridgehead atoms. The maximum atomic E-state index is 13.2. The Balaban J connectivity index is 1.58. The van der Waals surface area contributed by atoms with Crippen molar-refractivity contribution in [1.82, 2.24) is 14.9 Å². The van der Waals surface area contributed by atoms with Crippen molar-refractivity contribution in [2.24, 2.45) is 0 Å². The summed E-state index contributed by atoms with van der Waals surface area (Å²) in [6.07, 6.45) is 0.650. The minimum atomic E-state index is -0.281. The molecule has 0 radical (unpaired) electrons. The Morgan fingerprint density at radius 1 is 0.727 bits per heavy atom. The average Bonchev–Trinajstić information content (AvgIpc) is 3.24. The number of nitrogens with one attached hydrogen (secondary N) is 1. The molecule has 1 N–H and O–H groups in total. The van der Waals surface area contributed by atoms with Crippen molar-refractivity contribution < 1.29 is 4.79 Å². The van der Waals surface area contributed by atoms with E-state index in [9.17, 15) is 4.79 Å². The molecule has 0 saturated carbocycles. The summed E-state index contributed by atoms with van der Waals surface area (Å²) in [5, 5.41) is 3.26. The zero-order chi connectivity index (χ0) is 22.5. The van der Waals surface area contributed by atoms with E-state index >= 15 is 0 Å². The second-order valence-corrected chi connectivity index (χ2v) is 8.11. The van der Waals surface area contributed by atoms with Gasteiger partial charge in [0.2, 0.25) is 0 Å². The van der Waals surface area contributed by atoms with Gasteiger partial charge in [0.25, 0.3) is 5.91 Å². The molecule has 1 amide bonds. The van der Waals surface area contributed by atoms with Crippen molar-refractivity contribution in [1.29, 1.82) is 0 Å². The van der Waals surface area contributed by atoms with Crippen LogP contribution in [0.1, 0.15) is 33.4 Å². The highest BCUT2D eigenvalue weighted by molar-refractivity contribution is 5.94. The number of benzene rings is 4. The second-order valence-electron chi connectivity index (χ2n) is 8.11. The van der Waals surface area contributed by atoms with E-state index in [0.29, 0.717) is 18.5 Å². The van der Waals surface area contributed by atoms with E-state index in [0.717, 1.165) is 22.4 Å². The van der Waals surface area contributed by atoms with Crippen molar-refractivity contribution >= 4 is 16.9 Å². The molecule has 162 valence electrons. The summed E-state index contributed by atoms with van der Waals surface area (Å²) in [5.41, 5.74) is 4.96. The van der Waals surface area contributed by atoms with E-state index in [1.54, 1.807) is 0 Å². The number of nitrogens with zero attached hydrogens (tertiary/aromatic N) is 2. The van der Waals surface area contributed by atoms with Gasteiger partial charge in [-0.25, -0.2) is 4.98 Å². The second kappa shape index (κ2) is 9.53. The smallest absolute Gasteiger partial charge is 0.251 e. The zero-order valence-corrected chi connectivity index (χ0v) is 18.3. The van der Waals surface area contributed by atoms with Gasteiger partial charge in [-0.1, -0.05) is 91.0 Å². The lowest BCUT2D eigenvalue weighted by atomic mass is 10.0.